The summed E-state index contributed by atoms with van der Waals surface area (Å²) in [5, 5.41) is 8.87. The van der Waals surface area contributed by atoms with E-state index >= 15 is 0 Å². The van der Waals surface area contributed by atoms with Crippen LogP contribution in [0, 0.1) is 11.3 Å². The molecule has 1 aliphatic heterocycles. The summed E-state index contributed by atoms with van der Waals surface area (Å²) in [7, 11) is 5.72. The number of piperazine rings is 1. The van der Waals surface area contributed by atoms with Gasteiger partial charge in [0.2, 0.25) is 5.91 Å². The maximum atomic E-state index is 13.1. The van der Waals surface area contributed by atoms with Crippen molar-refractivity contribution in [3.8, 4) is 6.07 Å². The summed E-state index contributed by atoms with van der Waals surface area (Å²) >= 11 is 0. The fourth-order valence-corrected chi connectivity index (χ4v) is 3.21. The molecule has 1 atom stereocenters. The number of aromatic nitrogens is 3. The van der Waals surface area contributed by atoms with Crippen molar-refractivity contribution < 1.29 is 4.79 Å². The van der Waals surface area contributed by atoms with E-state index in [1.165, 1.54) is 0 Å². The second kappa shape index (κ2) is 7.54. The molecule has 3 rings (SSSR count). The molecular formula is C18H23N7O. The Bertz CT molecular complexity index is 798. The van der Waals surface area contributed by atoms with E-state index in [1.807, 2.05) is 41.6 Å². The van der Waals surface area contributed by atoms with Crippen LogP contribution in [0.15, 0.2) is 30.9 Å². The van der Waals surface area contributed by atoms with Gasteiger partial charge in [0.05, 0.1) is 23.8 Å². The van der Waals surface area contributed by atoms with Gasteiger partial charge < -0.3 is 14.4 Å². The van der Waals surface area contributed by atoms with Crippen LogP contribution in [0.5, 0.6) is 0 Å². The Morgan fingerprint density at radius 3 is 2.46 bits per heavy atom. The van der Waals surface area contributed by atoms with E-state index < -0.39 is 0 Å². The van der Waals surface area contributed by atoms with E-state index in [-0.39, 0.29) is 11.9 Å². The summed E-state index contributed by atoms with van der Waals surface area (Å²) in [4.78, 5) is 27.5. The zero-order valence-corrected chi connectivity index (χ0v) is 15.3. The summed E-state index contributed by atoms with van der Waals surface area (Å²) in [5.74, 6) is 0.929. The van der Waals surface area contributed by atoms with E-state index in [4.69, 9.17) is 5.26 Å². The molecular weight excluding hydrogens is 330 g/mol. The van der Waals surface area contributed by atoms with Gasteiger partial charge in [-0.15, -0.1) is 0 Å². The van der Waals surface area contributed by atoms with Gasteiger partial charge in [-0.1, -0.05) is 0 Å². The maximum absolute atomic E-state index is 13.1. The van der Waals surface area contributed by atoms with Crippen LogP contribution in [0.1, 0.15) is 17.3 Å². The standard InChI is InChI=1S/C18H23N7O/c1-22(2)17(15-12-20-13-23(15)3)18(26)25-8-6-24(7-9-25)16-5-4-14(10-19)11-21-16/h4-5,11-13,17H,6-9H2,1-3H3. The van der Waals surface area contributed by atoms with Gasteiger partial charge >= 0.3 is 0 Å². The molecule has 8 nitrogen and oxygen atoms in total. The highest BCUT2D eigenvalue weighted by Gasteiger charge is 2.31. The molecule has 136 valence electrons. The monoisotopic (exact) mass is 353 g/mol. The van der Waals surface area contributed by atoms with Gasteiger partial charge in [0, 0.05) is 39.4 Å². The zero-order valence-electron chi connectivity index (χ0n) is 15.3. The number of amides is 1. The van der Waals surface area contributed by atoms with Gasteiger partial charge in [0.25, 0.3) is 0 Å². The van der Waals surface area contributed by atoms with E-state index in [0.717, 1.165) is 24.6 Å². The first-order valence-electron chi connectivity index (χ1n) is 8.54. The second-order valence-corrected chi connectivity index (χ2v) is 6.62. The number of carbonyl (C=O) groups excluding carboxylic acids is 1. The van der Waals surface area contributed by atoms with Crippen LogP contribution >= 0.6 is 0 Å². The van der Waals surface area contributed by atoms with Crippen molar-refractivity contribution in [3.63, 3.8) is 0 Å². The predicted molar refractivity (Wildman–Crippen MR) is 97.4 cm³/mol. The zero-order chi connectivity index (χ0) is 18.7. The predicted octanol–water partition coefficient (Wildman–Crippen LogP) is 0.638. The molecule has 0 radical (unpaired) electrons. The molecule has 1 saturated heterocycles. The number of pyridine rings is 1. The number of carbonyl (C=O) groups is 1. The number of hydrogen-bond acceptors (Lipinski definition) is 6. The summed E-state index contributed by atoms with van der Waals surface area (Å²) in [5.41, 5.74) is 1.43. The number of nitrogens with zero attached hydrogens (tertiary/aromatic N) is 7. The van der Waals surface area contributed by atoms with Crippen LogP contribution in [0.3, 0.4) is 0 Å². The summed E-state index contributed by atoms with van der Waals surface area (Å²) in [6.07, 6.45) is 5.05. The third-order valence-corrected chi connectivity index (χ3v) is 4.68. The molecule has 1 aliphatic rings. The molecule has 1 amide bonds. The van der Waals surface area contributed by atoms with Crippen LogP contribution < -0.4 is 4.90 Å². The topological polar surface area (TPSA) is 81.3 Å². The number of likely N-dealkylation sites (N-methyl/N-ethyl adjacent to an activating group) is 1. The largest absolute Gasteiger partial charge is 0.353 e. The van der Waals surface area contributed by atoms with Crippen molar-refractivity contribution in [3.05, 3.63) is 42.1 Å². The third-order valence-electron chi connectivity index (χ3n) is 4.68. The Kier molecular flexibility index (Phi) is 5.19. The molecule has 3 heterocycles. The molecule has 0 bridgehead atoms. The molecule has 2 aromatic rings. The number of aryl methyl sites for hydroxylation is 1. The number of imidazole rings is 1. The summed E-state index contributed by atoms with van der Waals surface area (Å²) in [6, 6.07) is 5.35. The van der Waals surface area contributed by atoms with Crippen molar-refractivity contribution in [2.45, 2.75) is 6.04 Å². The molecule has 26 heavy (non-hydrogen) atoms. The highest BCUT2D eigenvalue weighted by Crippen LogP contribution is 2.22. The van der Waals surface area contributed by atoms with Crippen molar-refractivity contribution in [2.75, 3.05) is 45.2 Å². The Labute approximate surface area is 153 Å². The molecule has 0 saturated carbocycles. The fourth-order valence-electron chi connectivity index (χ4n) is 3.21. The second-order valence-electron chi connectivity index (χ2n) is 6.62. The van der Waals surface area contributed by atoms with E-state index in [2.05, 4.69) is 20.9 Å². The lowest BCUT2D eigenvalue weighted by Gasteiger charge is -2.38. The quantitative estimate of drug-likeness (QED) is 0.802. The molecule has 0 spiro atoms. The minimum atomic E-state index is -0.345. The lowest BCUT2D eigenvalue weighted by molar-refractivity contribution is -0.136. The van der Waals surface area contributed by atoms with Gasteiger partial charge in [-0.05, 0) is 26.2 Å². The van der Waals surface area contributed by atoms with Crippen LogP contribution in [0.2, 0.25) is 0 Å². The highest BCUT2D eigenvalue weighted by molar-refractivity contribution is 5.83. The molecule has 0 aromatic carbocycles. The number of rotatable bonds is 4. The molecule has 0 N–H and O–H groups in total. The third kappa shape index (κ3) is 3.53. The number of anilines is 1. The normalized spacial score (nSPS) is 15.8. The molecule has 1 fully saturated rings. The van der Waals surface area contributed by atoms with E-state index in [0.29, 0.717) is 18.7 Å². The number of nitriles is 1. The van der Waals surface area contributed by atoms with Crippen LogP contribution in [0.25, 0.3) is 0 Å². The van der Waals surface area contributed by atoms with Gasteiger partial charge in [-0.3, -0.25) is 9.69 Å². The van der Waals surface area contributed by atoms with Gasteiger partial charge in [-0.25, -0.2) is 9.97 Å². The smallest absolute Gasteiger partial charge is 0.246 e. The van der Waals surface area contributed by atoms with Crippen molar-refractivity contribution in [1.82, 2.24) is 24.3 Å². The van der Waals surface area contributed by atoms with E-state index in [1.54, 1.807) is 24.8 Å². The van der Waals surface area contributed by atoms with E-state index in [9.17, 15) is 4.79 Å². The van der Waals surface area contributed by atoms with Gasteiger partial charge in [0.1, 0.15) is 17.9 Å². The van der Waals surface area contributed by atoms with Gasteiger partial charge in [-0.2, -0.15) is 5.26 Å². The Hall–Kier alpha value is -2.92. The minimum Gasteiger partial charge on any atom is -0.353 e. The van der Waals surface area contributed by atoms with Crippen LogP contribution in [-0.4, -0.2) is 70.5 Å². The average Bonchev–Trinajstić information content (AvgIpc) is 3.07. The molecule has 1 unspecified atom stereocenters. The van der Waals surface area contributed by atoms with Crippen molar-refractivity contribution >= 4 is 11.7 Å². The van der Waals surface area contributed by atoms with Crippen LogP contribution in [-0.2, 0) is 11.8 Å². The fraction of sp³-hybridized carbons (Fsp3) is 0.444. The SMILES string of the molecule is CN(C)C(C(=O)N1CCN(c2ccc(C#N)cn2)CC1)c1cncn1C. The lowest BCUT2D eigenvalue weighted by Crippen LogP contribution is -2.52. The summed E-state index contributed by atoms with van der Waals surface area (Å²) in [6.45, 7) is 2.72. The average molecular weight is 353 g/mol. The minimum absolute atomic E-state index is 0.0889. The Balaban J connectivity index is 1.67. The molecule has 0 aliphatic carbocycles. The Morgan fingerprint density at radius 1 is 1.23 bits per heavy atom. The maximum Gasteiger partial charge on any atom is 0.246 e. The first-order valence-corrected chi connectivity index (χ1v) is 8.54. The number of hydrogen-bond donors (Lipinski definition) is 0. The molecule has 8 heteroatoms. The highest BCUT2D eigenvalue weighted by atomic mass is 16.2. The van der Waals surface area contributed by atoms with Crippen LogP contribution in [0.4, 0.5) is 5.82 Å². The summed E-state index contributed by atoms with van der Waals surface area (Å²) < 4.78 is 1.89. The van der Waals surface area contributed by atoms with Crippen molar-refractivity contribution in [1.29, 1.82) is 5.26 Å². The molecule has 2 aromatic heterocycles. The van der Waals surface area contributed by atoms with Gasteiger partial charge in [0.15, 0.2) is 0 Å². The van der Waals surface area contributed by atoms with Crippen molar-refractivity contribution in [2.24, 2.45) is 7.05 Å². The lowest BCUT2D eigenvalue weighted by atomic mass is 10.1. The first-order chi connectivity index (χ1) is 12.5. The Morgan fingerprint density at radius 2 is 1.96 bits per heavy atom. The first kappa shape index (κ1) is 17.9.